The Morgan fingerprint density at radius 3 is 2.52 bits per heavy atom. The van der Waals surface area contributed by atoms with E-state index in [2.05, 4.69) is 21.2 Å². The number of benzene rings is 2. The maximum Gasteiger partial charge on any atom is 0.335 e. The Morgan fingerprint density at radius 2 is 1.89 bits per heavy atom. The van der Waals surface area contributed by atoms with E-state index in [1.54, 1.807) is 12.9 Å². The molecule has 0 fully saturated rings. The lowest BCUT2D eigenvalue weighted by Crippen LogP contribution is -1.97. The highest BCUT2D eigenvalue weighted by Crippen LogP contribution is 2.36. The van der Waals surface area contributed by atoms with Crippen molar-refractivity contribution in [3.63, 3.8) is 0 Å². The lowest BCUT2D eigenvalue weighted by Gasteiger charge is -2.14. The van der Waals surface area contributed by atoms with Crippen molar-refractivity contribution in [2.75, 3.05) is 18.1 Å². The molecule has 0 aliphatic heterocycles. The minimum Gasteiger partial charge on any atom is -0.364 e. The molecule has 1 aromatic heterocycles. The molecule has 0 amide bonds. The first-order chi connectivity index (χ1) is 13.1. The van der Waals surface area contributed by atoms with Gasteiger partial charge in [-0.3, -0.25) is 4.98 Å². The third kappa shape index (κ3) is 5.12. The predicted octanol–water partition coefficient (Wildman–Crippen LogP) is 6.86. The van der Waals surface area contributed by atoms with E-state index >= 15 is 0 Å². The lowest BCUT2D eigenvalue weighted by molar-refractivity contribution is 0.590. The number of aryl methyl sites for hydroxylation is 2. The summed E-state index contributed by atoms with van der Waals surface area (Å²) >= 11 is 0. The number of pyridine rings is 1. The Morgan fingerprint density at radius 1 is 1.19 bits per heavy atom. The van der Waals surface area contributed by atoms with Crippen LogP contribution in [0, 0.1) is 13.5 Å². The van der Waals surface area contributed by atoms with E-state index in [0.717, 1.165) is 39.8 Å². The predicted molar refractivity (Wildman–Crippen MR) is 116 cm³/mol. The molecule has 0 saturated carbocycles. The van der Waals surface area contributed by atoms with Crippen molar-refractivity contribution >= 4 is 35.8 Å². The number of hydrogen-bond acceptors (Lipinski definition) is 3. The van der Waals surface area contributed by atoms with E-state index < -0.39 is 7.80 Å². The topological polar surface area (TPSA) is 46.4 Å². The summed E-state index contributed by atoms with van der Waals surface area (Å²) in [6.07, 6.45) is 3.07. The molecule has 1 atom stereocenters. The monoisotopic (exact) mass is 378 g/mol. The minimum absolute atomic E-state index is 0.500. The van der Waals surface area contributed by atoms with Crippen LogP contribution in [0.3, 0.4) is 0 Å². The molecule has 1 heterocycles. The van der Waals surface area contributed by atoms with Gasteiger partial charge in [-0.05, 0) is 42.3 Å². The fourth-order valence-electron chi connectivity index (χ4n) is 2.81. The summed E-state index contributed by atoms with van der Waals surface area (Å²) in [6.45, 7) is 15.3. The molecule has 1 N–H and O–H groups in total. The van der Waals surface area contributed by atoms with Crippen LogP contribution < -0.4 is 5.32 Å². The summed E-state index contributed by atoms with van der Waals surface area (Å²) in [5, 5.41) is 4.29. The molecule has 0 radical (unpaired) electrons. The largest absolute Gasteiger partial charge is 0.364 e. The van der Waals surface area contributed by atoms with E-state index in [1.807, 2.05) is 57.2 Å². The quantitative estimate of drug-likeness (QED) is 0.389. The van der Waals surface area contributed by atoms with Crippen molar-refractivity contribution in [3.8, 4) is 0 Å². The van der Waals surface area contributed by atoms with Gasteiger partial charge >= 0.3 is 7.80 Å². The van der Waals surface area contributed by atoms with Crippen LogP contribution in [0.2, 0.25) is 0 Å². The van der Waals surface area contributed by atoms with Crippen LogP contribution in [0.15, 0.2) is 48.7 Å². The number of nitrogens with zero attached hydrogens (tertiary/aromatic N) is 2. The second kappa shape index (κ2) is 9.80. The minimum atomic E-state index is -1.15. The van der Waals surface area contributed by atoms with Gasteiger partial charge in [-0.2, -0.15) is 0 Å². The number of nitrogens with one attached hydrogen (secondary N) is 1. The summed E-state index contributed by atoms with van der Waals surface area (Å²) in [7, 11) is -1.15. The van der Waals surface area contributed by atoms with E-state index in [0.29, 0.717) is 11.8 Å². The van der Waals surface area contributed by atoms with Crippen LogP contribution in [0.1, 0.15) is 25.0 Å². The van der Waals surface area contributed by atoms with Gasteiger partial charge in [0.05, 0.1) is 17.8 Å². The van der Waals surface area contributed by atoms with Crippen LogP contribution in [-0.2, 0) is 11.0 Å². The molecule has 27 heavy (non-hydrogen) atoms. The zero-order chi connectivity index (χ0) is 19.8. The maximum absolute atomic E-state index is 11.4. The second-order valence-electron chi connectivity index (χ2n) is 6.02. The fraction of sp³-hybridized carbons (Fsp3) is 0.273. The van der Waals surface area contributed by atoms with Crippen molar-refractivity contribution in [3.05, 3.63) is 71.2 Å². The standard InChI is InChI=1S/C20H19N3OP.C2H6/c1-14-11-17-18(12-15(14)9-10-25(3)24)22-13-19(21-2)20(17)23-16-7-5-4-6-8-16;1-2/h4-8,11-13H,9-10H2,1,3H3,(H,22,23);1-2H3/q+1;. The van der Waals surface area contributed by atoms with Gasteiger partial charge in [0.25, 0.3) is 0 Å². The van der Waals surface area contributed by atoms with Gasteiger partial charge < -0.3 is 5.32 Å². The van der Waals surface area contributed by atoms with Crippen LogP contribution in [-0.4, -0.2) is 17.8 Å². The van der Waals surface area contributed by atoms with Crippen molar-refractivity contribution in [1.82, 2.24) is 4.98 Å². The Balaban J connectivity index is 0.00000126. The molecule has 0 saturated heterocycles. The average molecular weight is 378 g/mol. The van der Waals surface area contributed by atoms with Gasteiger partial charge in [0.1, 0.15) is 12.8 Å². The van der Waals surface area contributed by atoms with Gasteiger partial charge in [-0.1, -0.05) is 36.6 Å². The summed E-state index contributed by atoms with van der Waals surface area (Å²) in [6, 6.07) is 13.9. The van der Waals surface area contributed by atoms with Gasteiger partial charge in [0.2, 0.25) is 5.69 Å². The van der Waals surface area contributed by atoms with Crippen LogP contribution in [0.4, 0.5) is 17.1 Å². The Hall–Kier alpha value is -2.76. The first-order valence-corrected chi connectivity index (χ1v) is 11.0. The Labute approximate surface area is 162 Å². The van der Waals surface area contributed by atoms with Gasteiger partial charge in [-0.25, -0.2) is 4.85 Å². The molecule has 3 rings (SSSR count). The molecule has 2 aromatic carbocycles. The van der Waals surface area contributed by atoms with Gasteiger partial charge in [-0.15, -0.1) is 0 Å². The summed E-state index contributed by atoms with van der Waals surface area (Å²) in [4.78, 5) is 8.07. The van der Waals surface area contributed by atoms with Crippen LogP contribution >= 0.6 is 7.80 Å². The number of para-hydroxylation sites is 1. The smallest absolute Gasteiger partial charge is 0.335 e. The molecular formula is C22H25N3OP+. The Bertz CT molecular complexity index is 978. The molecule has 0 aliphatic rings. The average Bonchev–Trinajstić information content (AvgIpc) is 2.69. The number of aromatic nitrogens is 1. The van der Waals surface area contributed by atoms with Crippen LogP contribution in [0.25, 0.3) is 15.7 Å². The second-order valence-corrected chi connectivity index (χ2v) is 7.72. The summed E-state index contributed by atoms with van der Waals surface area (Å²) in [5.74, 6) is 0. The SMILES string of the molecule is CC.[C-]#[N+]c1cnc2cc(CC[P+](C)=O)c(C)cc2c1Nc1ccccc1. The van der Waals surface area contributed by atoms with Gasteiger partial charge in [0, 0.05) is 23.7 Å². The van der Waals surface area contributed by atoms with Crippen molar-refractivity contribution in [1.29, 1.82) is 0 Å². The van der Waals surface area contributed by atoms with Crippen LogP contribution in [0.5, 0.6) is 0 Å². The highest BCUT2D eigenvalue weighted by atomic mass is 31.1. The highest BCUT2D eigenvalue weighted by Gasteiger charge is 2.13. The molecule has 4 nitrogen and oxygen atoms in total. The lowest BCUT2D eigenvalue weighted by atomic mass is 10.0. The van der Waals surface area contributed by atoms with Gasteiger partial charge in [0.15, 0.2) is 0 Å². The number of rotatable bonds is 5. The van der Waals surface area contributed by atoms with E-state index in [-0.39, 0.29) is 0 Å². The molecule has 3 aromatic rings. The third-order valence-electron chi connectivity index (χ3n) is 4.17. The molecular weight excluding hydrogens is 353 g/mol. The first kappa shape index (κ1) is 20.6. The molecule has 5 heteroatoms. The number of fused-ring (bicyclic) bond motifs is 1. The maximum atomic E-state index is 11.4. The molecule has 0 bridgehead atoms. The zero-order valence-corrected chi connectivity index (χ0v) is 17.2. The first-order valence-electron chi connectivity index (χ1n) is 9.08. The summed E-state index contributed by atoms with van der Waals surface area (Å²) in [5.41, 5.74) is 5.35. The van der Waals surface area contributed by atoms with E-state index in [1.165, 1.54) is 0 Å². The number of anilines is 2. The molecule has 0 spiro atoms. The van der Waals surface area contributed by atoms with E-state index in [9.17, 15) is 4.57 Å². The Kier molecular flexibility index (Phi) is 7.46. The van der Waals surface area contributed by atoms with Crippen molar-refractivity contribution < 1.29 is 4.57 Å². The zero-order valence-electron chi connectivity index (χ0n) is 16.3. The third-order valence-corrected chi connectivity index (χ3v) is 5.02. The normalized spacial score (nSPS) is 10.6. The molecule has 1 unspecified atom stereocenters. The van der Waals surface area contributed by atoms with Crippen molar-refractivity contribution in [2.45, 2.75) is 27.2 Å². The van der Waals surface area contributed by atoms with Crippen molar-refractivity contribution in [2.24, 2.45) is 0 Å². The number of hydrogen-bond donors (Lipinski definition) is 1. The fourth-order valence-corrected chi connectivity index (χ4v) is 3.37. The molecule has 0 aliphatic carbocycles. The van der Waals surface area contributed by atoms with E-state index in [4.69, 9.17) is 6.57 Å². The summed E-state index contributed by atoms with van der Waals surface area (Å²) < 4.78 is 11.4. The highest BCUT2D eigenvalue weighted by molar-refractivity contribution is 7.43. The molecule has 138 valence electrons.